The Hall–Kier alpha value is -3.19. The molecule has 4 aromatic heterocycles. The second-order valence-electron chi connectivity index (χ2n) is 6.51. The maximum absolute atomic E-state index is 4.66. The number of aromatic nitrogens is 5. The lowest BCUT2D eigenvalue weighted by Gasteiger charge is -2.06. The zero-order valence-electron chi connectivity index (χ0n) is 14.8. The van der Waals surface area contributed by atoms with Gasteiger partial charge in [-0.2, -0.15) is 15.9 Å². The van der Waals surface area contributed by atoms with E-state index in [2.05, 4.69) is 62.3 Å². The molecule has 134 valence electrons. The lowest BCUT2D eigenvalue weighted by Crippen LogP contribution is -2.08. The normalized spacial score (nSPS) is 11.4. The van der Waals surface area contributed by atoms with Gasteiger partial charge in [0.25, 0.3) is 0 Å². The van der Waals surface area contributed by atoms with Crippen molar-refractivity contribution in [2.75, 3.05) is 11.9 Å². The van der Waals surface area contributed by atoms with E-state index in [1.54, 1.807) is 15.9 Å². The topological polar surface area (TPSA) is 70.9 Å². The molecule has 0 bridgehead atoms. The molecule has 0 amide bonds. The molecule has 0 atom stereocenters. The molecule has 5 rings (SSSR count). The predicted octanol–water partition coefficient (Wildman–Crippen LogP) is 4.30. The Labute approximate surface area is 159 Å². The van der Waals surface area contributed by atoms with Crippen molar-refractivity contribution in [3.05, 3.63) is 64.5 Å². The van der Waals surface area contributed by atoms with Crippen LogP contribution in [0.15, 0.2) is 53.4 Å². The van der Waals surface area contributed by atoms with Crippen LogP contribution < -0.4 is 5.32 Å². The third-order valence-corrected chi connectivity index (χ3v) is 5.44. The van der Waals surface area contributed by atoms with Crippen molar-refractivity contribution in [2.45, 2.75) is 13.3 Å². The first kappa shape index (κ1) is 16.0. The molecule has 0 radical (unpaired) electrons. The van der Waals surface area contributed by atoms with E-state index in [1.807, 2.05) is 23.6 Å². The maximum atomic E-state index is 4.66. The van der Waals surface area contributed by atoms with E-state index >= 15 is 0 Å². The molecule has 2 N–H and O–H groups in total. The molecule has 6 nitrogen and oxygen atoms in total. The van der Waals surface area contributed by atoms with E-state index in [9.17, 15) is 0 Å². The van der Waals surface area contributed by atoms with Gasteiger partial charge in [-0.05, 0) is 48.1 Å². The minimum atomic E-state index is 0.744. The number of fused-ring (bicyclic) bond motifs is 2. The molecule has 0 unspecified atom stereocenters. The van der Waals surface area contributed by atoms with E-state index < -0.39 is 0 Å². The first-order chi connectivity index (χ1) is 13.3. The Morgan fingerprint density at radius 1 is 1.15 bits per heavy atom. The van der Waals surface area contributed by atoms with E-state index in [-0.39, 0.29) is 0 Å². The van der Waals surface area contributed by atoms with Crippen LogP contribution in [0.5, 0.6) is 0 Å². The van der Waals surface area contributed by atoms with Crippen molar-refractivity contribution in [3.63, 3.8) is 0 Å². The van der Waals surface area contributed by atoms with Crippen molar-refractivity contribution in [1.82, 2.24) is 24.8 Å². The van der Waals surface area contributed by atoms with Crippen molar-refractivity contribution in [3.8, 4) is 11.4 Å². The first-order valence-corrected chi connectivity index (χ1v) is 9.78. The van der Waals surface area contributed by atoms with Gasteiger partial charge < -0.3 is 10.3 Å². The summed E-state index contributed by atoms with van der Waals surface area (Å²) in [5, 5.41) is 21.9. The number of rotatable bonds is 5. The first-order valence-electron chi connectivity index (χ1n) is 8.84. The molecule has 4 heterocycles. The van der Waals surface area contributed by atoms with Gasteiger partial charge in [-0.25, -0.2) is 0 Å². The Morgan fingerprint density at radius 2 is 2.11 bits per heavy atom. The summed E-state index contributed by atoms with van der Waals surface area (Å²) >= 11 is 1.64. The van der Waals surface area contributed by atoms with Gasteiger partial charge in [-0.3, -0.25) is 0 Å². The number of nitrogens with one attached hydrogen (secondary N) is 2. The van der Waals surface area contributed by atoms with Crippen LogP contribution in [0.3, 0.4) is 0 Å². The van der Waals surface area contributed by atoms with E-state index in [4.69, 9.17) is 0 Å². The summed E-state index contributed by atoms with van der Waals surface area (Å²) in [6.45, 7) is 2.93. The van der Waals surface area contributed by atoms with Gasteiger partial charge in [0.15, 0.2) is 11.5 Å². The molecule has 27 heavy (non-hydrogen) atoms. The molecule has 0 spiro atoms. The van der Waals surface area contributed by atoms with Crippen LogP contribution in [0, 0.1) is 6.92 Å². The second-order valence-corrected chi connectivity index (χ2v) is 7.29. The van der Waals surface area contributed by atoms with Gasteiger partial charge in [0.05, 0.1) is 0 Å². The third kappa shape index (κ3) is 2.86. The highest BCUT2D eigenvalue weighted by Gasteiger charge is 2.10. The summed E-state index contributed by atoms with van der Waals surface area (Å²) < 4.78 is 1.79. The van der Waals surface area contributed by atoms with Crippen molar-refractivity contribution < 1.29 is 0 Å². The minimum absolute atomic E-state index is 0.744. The Morgan fingerprint density at radius 3 is 3.00 bits per heavy atom. The summed E-state index contributed by atoms with van der Waals surface area (Å²) in [7, 11) is 0. The fourth-order valence-electron chi connectivity index (χ4n) is 3.35. The van der Waals surface area contributed by atoms with Crippen LogP contribution >= 0.6 is 11.3 Å². The van der Waals surface area contributed by atoms with Gasteiger partial charge in [0.1, 0.15) is 5.82 Å². The number of anilines is 1. The number of aryl methyl sites for hydroxylation is 1. The number of nitrogens with zero attached hydrogens (tertiary/aromatic N) is 4. The SMILES string of the molecule is Cc1cccc2c(CCNc3ccc4nnc(-c5ccsc5)n4n3)c[nH]c12. The van der Waals surface area contributed by atoms with Gasteiger partial charge >= 0.3 is 0 Å². The molecule has 0 saturated heterocycles. The van der Waals surface area contributed by atoms with Crippen molar-refractivity contribution in [2.24, 2.45) is 0 Å². The highest BCUT2D eigenvalue weighted by Crippen LogP contribution is 2.22. The largest absolute Gasteiger partial charge is 0.368 e. The zero-order chi connectivity index (χ0) is 18.2. The molecule has 0 fully saturated rings. The van der Waals surface area contributed by atoms with Crippen molar-refractivity contribution >= 4 is 33.7 Å². The maximum Gasteiger partial charge on any atom is 0.186 e. The van der Waals surface area contributed by atoms with Crippen LogP contribution in [0.2, 0.25) is 0 Å². The summed E-state index contributed by atoms with van der Waals surface area (Å²) in [6, 6.07) is 12.3. The number of thiophene rings is 1. The standard InChI is InChI=1S/C20H18N6S/c1-13-3-2-4-16-14(11-22-19(13)16)7-9-21-17-5-6-18-23-24-20(26(18)25-17)15-8-10-27-12-15/h2-6,8,10-12,22H,7,9H2,1H3,(H,21,25). The van der Waals surface area contributed by atoms with Crippen LogP contribution in [0.1, 0.15) is 11.1 Å². The smallest absolute Gasteiger partial charge is 0.186 e. The fourth-order valence-corrected chi connectivity index (χ4v) is 3.99. The van der Waals surface area contributed by atoms with Gasteiger partial charge in [0, 0.05) is 34.6 Å². The third-order valence-electron chi connectivity index (χ3n) is 4.75. The number of aromatic amines is 1. The number of para-hydroxylation sites is 1. The van der Waals surface area contributed by atoms with Crippen LogP contribution in [0.25, 0.3) is 27.9 Å². The van der Waals surface area contributed by atoms with Gasteiger partial charge in [0.2, 0.25) is 0 Å². The summed E-state index contributed by atoms with van der Waals surface area (Å²) in [5.41, 5.74) is 5.58. The van der Waals surface area contributed by atoms with Crippen molar-refractivity contribution in [1.29, 1.82) is 0 Å². The summed E-state index contributed by atoms with van der Waals surface area (Å²) in [6.07, 6.45) is 3.02. The number of H-pyrrole nitrogens is 1. The Bertz CT molecular complexity index is 1220. The molecule has 0 aliphatic rings. The molecular formula is C20H18N6S. The summed E-state index contributed by atoms with van der Waals surface area (Å²) in [5.74, 6) is 1.58. The fraction of sp³-hybridized carbons (Fsp3) is 0.150. The molecule has 0 aliphatic carbocycles. The molecule has 0 saturated carbocycles. The molecule has 7 heteroatoms. The second kappa shape index (κ2) is 6.51. The van der Waals surface area contributed by atoms with E-state index in [1.165, 1.54) is 22.0 Å². The average Bonchev–Trinajstić information content (AvgIpc) is 3.41. The van der Waals surface area contributed by atoms with Crippen LogP contribution in [-0.4, -0.2) is 31.3 Å². The number of hydrogen-bond donors (Lipinski definition) is 2. The van der Waals surface area contributed by atoms with E-state index in [0.29, 0.717) is 0 Å². The predicted molar refractivity (Wildman–Crippen MR) is 109 cm³/mol. The lowest BCUT2D eigenvalue weighted by atomic mass is 10.1. The number of benzene rings is 1. The number of hydrogen-bond acceptors (Lipinski definition) is 5. The monoisotopic (exact) mass is 374 g/mol. The van der Waals surface area contributed by atoms with Gasteiger partial charge in [-0.1, -0.05) is 18.2 Å². The van der Waals surface area contributed by atoms with E-state index in [0.717, 1.165) is 35.8 Å². The lowest BCUT2D eigenvalue weighted by molar-refractivity contribution is 0.917. The van der Waals surface area contributed by atoms with Crippen LogP contribution in [-0.2, 0) is 6.42 Å². The zero-order valence-corrected chi connectivity index (χ0v) is 15.6. The Kier molecular flexibility index (Phi) is 3.86. The molecule has 5 aromatic rings. The highest BCUT2D eigenvalue weighted by atomic mass is 32.1. The highest BCUT2D eigenvalue weighted by molar-refractivity contribution is 7.08. The van der Waals surface area contributed by atoms with Crippen LogP contribution in [0.4, 0.5) is 5.82 Å². The Balaban J connectivity index is 1.35. The average molecular weight is 374 g/mol. The molecule has 0 aliphatic heterocycles. The quantitative estimate of drug-likeness (QED) is 0.481. The molecular weight excluding hydrogens is 356 g/mol. The van der Waals surface area contributed by atoms with Gasteiger partial charge in [-0.15, -0.1) is 15.3 Å². The minimum Gasteiger partial charge on any atom is -0.368 e. The molecule has 1 aromatic carbocycles. The summed E-state index contributed by atoms with van der Waals surface area (Å²) in [4.78, 5) is 3.39.